The maximum atomic E-state index is 12.3. The number of nitrogens with one attached hydrogen (secondary N) is 1. The van der Waals surface area contributed by atoms with Crippen LogP contribution < -0.4 is 10.2 Å². The Morgan fingerprint density at radius 1 is 1.07 bits per heavy atom. The molecule has 1 saturated heterocycles. The minimum atomic E-state index is -0.629. The molecule has 0 radical (unpaired) electrons. The van der Waals surface area contributed by atoms with E-state index in [0.29, 0.717) is 35.4 Å². The van der Waals surface area contributed by atoms with Crippen LogP contribution in [0.2, 0.25) is 0 Å². The van der Waals surface area contributed by atoms with Gasteiger partial charge in [0.1, 0.15) is 0 Å². The highest BCUT2D eigenvalue weighted by Gasteiger charge is 2.24. The number of benzene rings is 2. The number of esters is 1. The molecule has 1 aliphatic rings. The summed E-state index contributed by atoms with van der Waals surface area (Å²) in [5, 5.41) is 2.71. The van der Waals surface area contributed by atoms with Crippen LogP contribution in [0.4, 0.5) is 11.4 Å². The summed E-state index contributed by atoms with van der Waals surface area (Å²) in [7, 11) is 0. The molecule has 2 amide bonds. The van der Waals surface area contributed by atoms with Crippen LogP contribution in [-0.2, 0) is 14.3 Å². The summed E-state index contributed by atoms with van der Waals surface area (Å²) in [6, 6.07) is 11.9. The standard InChI is InChI=1S/C21H18N4O4/c26-19(24-16-4-1-2-5-18(16)25-11-3-6-20(25)27)13-29-21(28)14-7-8-15-17(12-14)23-10-9-22-15/h1-2,4-5,7-10,12H,3,6,11,13H2,(H,24,26). The van der Waals surface area contributed by atoms with Crippen LogP contribution in [0.5, 0.6) is 0 Å². The number of ether oxygens (including phenoxy) is 1. The van der Waals surface area contributed by atoms with Crippen molar-refractivity contribution >= 4 is 40.2 Å². The number of amides is 2. The van der Waals surface area contributed by atoms with Crippen LogP contribution in [0.15, 0.2) is 54.9 Å². The van der Waals surface area contributed by atoms with Gasteiger partial charge in [0, 0.05) is 25.4 Å². The van der Waals surface area contributed by atoms with Crippen molar-refractivity contribution < 1.29 is 19.1 Å². The van der Waals surface area contributed by atoms with Gasteiger partial charge < -0.3 is 15.0 Å². The van der Waals surface area contributed by atoms with Crippen molar-refractivity contribution in [2.45, 2.75) is 12.8 Å². The Morgan fingerprint density at radius 2 is 1.86 bits per heavy atom. The molecule has 0 atom stereocenters. The van der Waals surface area contributed by atoms with Crippen LogP contribution in [0.1, 0.15) is 23.2 Å². The average Bonchev–Trinajstić information content (AvgIpc) is 3.17. The van der Waals surface area contributed by atoms with Crippen LogP contribution in [0.3, 0.4) is 0 Å². The van der Waals surface area contributed by atoms with Gasteiger partial charge in [-0.2, -0.15) is 0 Å². The molecule has 0 spiro atoms. The molecule has 146 valence electrons. The van der Waals surface area contributed by atoms with E-state index in [0.717, 1.165) is 6.42 Å². The Bertz CT molecular complexity index is 1100. The number of carbonyl (C=O) groups excluding carboxylic acids is 3. The molecule has 2 aromatic carbocycles. The topological polar surface area (TPSA) is 101 Å². The van der Waals surface area contributed by atoms with Gasteiger partial charge in [-0.25, -0.2) is 4.79 Å². The van der Waals surface area contributed by atoms with Crippen molar-refractivity contribution in [3.63, 3.8) is 0 Å². The molecule has 8 heteroatoms. The third-order valence-electron chi connectivity index (χ3n) is 4.58. The van der Waals surface area contributed by atoms with Gasteiger partial charge in [-0.1, -0.05) is 12.1 Å². The van der Waals surface area contributed by atoms with Crippen LogP contribution >= 0.6 is 0 Å². The van der Waals surface area contributed by atoms with Gasteiger partial charge in [0.05, 0.1) is 28.0 Å². The summed E-state index contributed by atoms with van der Waals surface area (Å²) in [6.07, 6.45) is 4.39. The van der Waals surface area contributed by atoms with E-state index in [2.05, 4.69) is 15.3 Å². The Morgan fingerprint density at radius 3 is 2.66 bits per heavy atom. The fraction of sp³-hybridized carbons (Fsp3) is 0.190. The minimum Gasteiger partial charge on any atom is -0.452 e. The largest absolute Gasteiger partial charge is 0.452 e. The maximum Gasteiger partial charge on any atom is 0.338 e. The van der Waals surface area contributed by atoms with Crippen molar-refractivity contribution in [1.29, 1.82) is 0 Å². The van der Waals surface area contributed by atoms with Gasteiger partial charge in [-0.05, 0) is 36.8 Å². The molecule has 4 rings (SSSR count). The van der Waals surface area contributed by atoms with Gasteiger partial charge in [0.2, 0.25) is 5.91 Å². The molecule has 1 N–H and O–H groups in total. The van der Waals surface area contributed by atoms with Crippen molar-refractivity contribution in [2.24, 2.45) is 0 Å². The first-order valence-corrected chi connectivity index (χ1v) is 9.19. The van der Waals surface area contributed by atoms with Crippen molar-refractivity contribution in [1.82, 2.24) is 9.97 Å². The van der Waals surface area contributed by atoms with Gasteiger partial charge in [0.25, 0.3) is 5.91 Å². The molecule has 0 unspecified atom stereocenters. The summed E-state index contributed by atoms with van der Waals surface area (Å²) in [6.45, 7) is 0.172. The molecule has 8 nitrogen and oxygen atoms in total. The number of hydrogen-bond acceptors (Lipinski definition) is 6. The van der Waals surface area contributed by atoms with Crippen molar-refractivity contribution in [3.05, 3.63) is 60.4 Å². The highest BCUT2D eigenvalue weighted by molar-refractivity contribution is 6.03. The third kappa shape index (κ3) is 4.06. The van der Waals surface area contributed by atoms with E-state index in [1.807, 2.05) is 0 Å². The second kappa shape index (κ2) is 8.05. The number of carbonyl (C=O) groups is 3. The van der Waals surface area contributed by atoms with Crippen molar-refractivity contribution in [3.8, 4) is 0 Å². The zero-order chi connectivity index (χ0) is 20.2. The quantitative estimate of drug-likeness (QED) is 0.672. The smallest absolute Gasteiger partial charge is 0.338 e. The fourth-order valence-corrected chi connectivity index (χ4v) is 3.21. The molecule has 1 aliphatic heterocycles. The lowest BCUT2D eigenvalue weighted by atomic mass is 10.2. The average molecular weight is 390 g/mol. The second-order valence-corrected chi connectivity index (χ2v) is 6.55. The van der Waals surface area contributed by atoms with E-state index in [-0.39, 0.29) is 11.5 Å². The second-order valence-electron chi connectivity index (χ2n) is 6.55. The third-order valence-corrected chi connectivity index (χ3v) is 4.58. The van der Waals surface area contributed by atoms with Gasteiger partial charge in [-0.3, -0.25) is 19.6 Å². The molecule has 1 fully saturated rings. The number of nitrogens with zero attached hydrogens (tertiary/aromatic N) is 3. The molecule has 0 saturated carbocycles. The first-order chi connectivity index (χ1) is 14.1. The molecule has 3 aromatic rings. The zero-order valence-electron chi connectivity index (χ0n) is 15.5. The van der Waals surface area contributed by atoms with Crippen LogP contribution in [-0.4, -0.2) is 40.9 Å². The summed E-state index contributed by atoms with van der Waals surface area (Å²) in [5.41, 5.74) is 2.66. The highest BCUT2D eigenvalue weighted by atomic mass is 16.5. The van der Waals surface area contributed by atoms with Crippen LogP contribution in [0, 0.1) is 0 Å². The molecule has 0 bridgehead atoms. The van der Waals surface area contributed by atoms with E-state index < -0.39 is 18.5 Å². The Labute approximate surface area is 166 Å². The maximum absolute atomic E-state index is 12.3. The SMILES string of the molecule is O=C(COC(=O)c1ccc2nccnc2c1)Nc1ccccc1N1CCCC1=O. The Hall–Kier alpha value is -3.81. The summed E-state index contributed by atoms with van der Waals surface area (Å²) in [4.78, 5) is 46.5. The molecular weight excluding hydrogens is 372 g/mol. The monoisotopic (exact) mass is 390 g/mol. The number of aromatic nitrogens is 2. The number of fused-ring (bicyclic) bond motifs is 1. The predicted octanol–water partition coefficient (Wildman–Crippen LogP) is 2.55. The summed E-state index contributed by atoms with van der Waals surface area (Å²) >= 11 is 0. The van der Waals surface area contributed by atoms with Gasteiger partial charge in [0.15, 0.2) is 6.61 Å². The normalized spacial score (nSPS) is 13.5. The lowest BCUT2D eigenvalue weighted by Gasteiger charge is -2.19. The molecule has 2 heterocycles. The van der Waals surface area contributed by atoms with Gasteiger partial charge >= 0.3 is 5.97 Å². The molecule has 0 aliphatic carbocycles. The van der Waals surface area contributed by atoms with Gasteiger partial charge in [-0.15, -0.1) is 0 Å². The molecular formula is C21H18N4O4. The van der Waals surface area contributed by atoms with E-state index in [9.17, 15) is 14.4 Å². The van der Waals surface area contributed by atoms with Crippen molar-refractivity contribution in [2.75, 3.05) is 23.4 Å². The highest BCUT2D eigenvalue weighted by Crippen LogP contribution is 2.29. The van der Waals surface area contributed by atoms with Crippen LogP contribution in [0.25, 0.3) is 11.0 Å². The Kier molecular flexibility index (Phi) is 5.15. The summed E-state index contributed by atoms with van der Waals surface area (Å²) in [5.74, 6) is -1.09. The van der Waals surface area contributed by atoms with E-state index >= 15 is 0 Å². The summed E-state index contributed by atoms with van der Waals surface area (Å²) < 4.78 is 5.12. The zero-order valence-corrected chi connectivity index (χ0v) is 15.5. The molecule has 29 heavy (non-hydrogen) atoms. The lowest BCUT2D eigenvalue weighted by Crippen LogP contribution is -2.27. The fourth-order valence-electron chi connectivity index (χ4n) is 3.21. The number of hydrogen-bond donors (Lipinski definition) is 1. The lowest BCUT2D eigenvalue weighted by molar-refractivity contribution is -0.119. The number of anilines is 2. The van der Waals surface area contributed by atoms with E-state index in [1.54, 1.807) is 53.6 Å². The number of rotatable bonds is 5. The first-order valence-electron chi connectivity index (χ1n) is 9.19. The van der Waals surface area contributed by atoms with E-state index in [1.165, 1.54) is 6.20 Å². The first kappa shape index (κ1) is 18.5. The van der Waals surface area contributed by atoms with E-state index in [4.69, 9.17) is 4.74 Å². The minimum absolute atomic E-state index is 0.0255. The number of para-hydroxylation sites is 2. The Balaban J connectivity index is 1.40. The molecule has 1 aromatic heterocycles. The predicted molar refractivity (Wildman–Crippen MR) is 106 cm³/mol.